The molecule has 0 saturated heterocycles. The summed E-state index contributed by atoms with van der Waals surface area (Å²) in [5.74, 6) is 0.581. The van der Waals surface area contributed by atoms with Crippen molar-refractivity contribution in [3.05, 3.63) is 22.4 Å². The molecule has 1 aromatic rings. The molecule has 0 amide bonds. The molecule has 1 heterocycles. The van der Waals surface area contributed by atoms with E-state index in [2.05, 4.69) is 16.8 Å². The Morgan fingerprint density at radius 2 is 2.31 bits per heavy atom. The summed E-state index contributed by atoms with van der Waals surface area (Å²) in [5, 5.41) is 4.24. The number of hydrogen-bond acceptors (Lipinski definition) is 2. The van der Waals surface area contributed by atoms with Crippen LogP contribution in [0.25, 0.3) is 0 Å². The smallest absolute Gasteiger partial charge is 0.135 e. The maximum Gasteiger partial charge on any atom is 0.135 e. The van der Waals surface area contributed by atoms with Crippen molar-refractivity contribution in [2.75, 3.05) is 0 Å². The number of thiophene rings is 1. The molecule has 0 atom stereocenters. The summed E-state index contributed by atoms with van der Waals surface area (Å²) in [5.41, 5.74) is 1.36. The third-order valence-electron chi connectivity index (χ3n) is 2.11. The Bertz CT molecular complexity index is 249. The molecule has 0 spiro atoms. The summed E-state index contributed by atoms with van der Waals surface area (Å²) < 4.78 is 0. The minimum atomic E-state index is 0.197. The second-order valence-electron chi connectivity index (χ2n) is 3.61. The highest BCUT2D eigenvalue weighted by atomic mass is 32.1. The molecule has 0 bridgehead atoms. The molecule has 0 N–H and O–H groups in total. The Morgan fingerprint density at radius 3 is 2.85 bits per heavy atom. The Hall–Kier alpha value is -0.630. The van der Waals surface area contributed by atoms with Crippen LogP contribution in [0.15, 0.2) is 16.8 Å². The standard InChI is InChI=1S/C11H16OS/c1-9(2)11(12)5-3-4-10-6-7-13-8-10/h6-9H,3-5H2,1-2H3. The number of Topliss-reactive ketones (excluding diaryl/α,β-unsaturated/α-hetero) is 1. The summed E-state index contributed by atoms with van der Waals surface area (Å²) in [6, 6.07) is 2.13. The van der Waals surface area contributed by atoms with Crippen molar-refractivity contribution < 1.29 is 4.79 Å². The van der Waals surface area contributed by atoms with Crippen LogP contribution in [0, 0.1) is 5.92 Å². The van der Waals surface area contributed by atoms with Crippen LogP contribution in [-0.4, -0.2) is 5.78 Å². The molecule has 13 heavy (non-hydrogen) atoms. The fraction of sp³-hybridized carbons (Fsp3) is 0.545. The summed E-state index contributed by atoms with van der Waals surface area (Å²) in [7, 11) is 0. The van der Waals surface area contributed by atoms with Gasteiger partial charge in [0.1, 0.15) is 5.78 Å². The highest BCUT2D eigenvalue weighted by Gasteiger charge is 2.06. The molecule has 0 aliphatic rings. The third kappa shape index (κ3) is 3.73. The lowest BCUT2D eigenvalue weighted by molar-refractivity contribution is -0.121. The van der Waals surface area contributed by atoms with Gasteiger partial charge in [0.2, 0.25) is 0 Å². The van der Waals surface area contributed by atoms with Crippen molar-refractivity contribution in [1.82, 2.24) is 0 Å². The fourth-order valence-corrected chi connectivity index (χ4v) is 1.89. The van der Waals surface area contributed by atoms with Gasteiger partial charge >= 0.3 is 0 Å². The molecule has 1 nitrogen and oxygen atoms in total. The predicted octanol–water partition coefficient (Wildman–Crippen LogP) is 3.30. The first-order valence-electron chi connectivity index (χ1n) is 4.74. The molecule has 1 rings (SSSR count). The average Bonchev–Trinajstić information content (AvgIpc) is 2.56. The van der Waals surface area contributed by atoms with E-state index in [1.165, 1.54) is 5.56 Å². The van der Waals surface area contributed by atoms with E-state index in [9.17, 15) is 4.79 Å². The van der Waals surface area contributed by atoms with Crippen molar-refractivity contribution in [2.45, 2.75) is 33.1 Å². The van der Waals surface area contributed by atoms with Gasteiger partial charge in [0.25, 0.3) is 0 Å². The van der Waals surface area contributed by atoms with Gasteiger partial charge in [-0.25, -0.2) is 0 Å². The largest absolute Gasteiger partial charge is 0.299 e. The quantitative estimate of drug-likeness (QED) is 0.706. The lowest BCUT2D eigenvalue weighted by Gasteiger charge is -2.02. The molecule has 72 valence electrons. The monoisotopic (exact) mass is 196 g/mol. The second-order valence-corrected chi connectivity index (χ2v) is 4.39. The van der Waals surface area contributed by atoms with Crippen molar-refractivity contribution in [3.8, 4) is 0 Å². The lowest BCUT2D eigenvalue weighted by Crippen LogP contribution is -2.06. The lowest BCUT2D eigenvalue weighted by atomic mass is 10.0. The molecule has 0 aliphatic heterocycles. The predicted molar refractivity (Wildman–Crippen MR) is 57.1 cm³/mol. The van der Waals surface area contributed by atoms with Crippen LogP contribution in [0.4, 0.5) is 0 Å². The van der Waals surface area contributed by atoms with Gasteiger partial charge in [0, 0.05) is 12.3 Å². The molecule has 0 fully saturated rings. The SMILES string of the molecule is CC(C)C(=O)CCCc1ccsc1. The molecule has 2 heteroatoms. The zero-order chi connectivity index (χ0) is 9.68. The molecular formula is C11H16OS. The van der Waals surface area contributed by atoms with Gasteiger partial charge in [0.05, 0.1) is 0 Å². The van der Waals surface area contributed by atoms with Crippen LogP contribution in [-0.2, 0) is 11.2 Å². The van der Waals surface area contributed by atoms with Crippen molar-refractivity contribution in [1.29, 1.82) is 0 Å². The van der Waals surface area contributed by atoms with Crippen molar-refractivity contribution in [2.24, 2.45) is 5.92 Å². The first-order valence-corrected chi connectivity index (χ1v) is 5.68. The Balaban J connectivity index is 2.18. The van der Waals surface area contributed by atoms with Gasteiger partial charge < -0.3 is 0 Å². The molecule has 0 radical (unpaired) electrons. The van der Waals surface area contributed by atoms with E-state index in [1.807, 2.05) is 13.8 Å². The second kappa shape index (κ2) is 5.18. The average molecular weight is 196 g/mol. The highest BCUT2D eigenvalue weighted by molar-refractivity contribution is 7.07. The van der Waals surface area contributed by atoms with Crippen molar-refractivity contribution >= 4 is 17.1 Å². The van der Waals surface area contributed by atoms with E-state index in [1.54, 1.807) is 11.3 Å². The minimum Gasteiger partial charge on any atom is -0.299 e. The number of carbonyl (C=O) groups excluding carboxylic acids is 1. The van der Waals surface area contributed by atoms with E-state index < -0.39 is 0 Å². The topological polar surface area (TPSA) is 17.1 Å². The van der Waals surface area contributed by atoms with Crippen LogP contribution in [0.2, 0.25) is 0 Å². The van der Waals surface area contributed by atoms with E-state index in [0.29, 0.717) is 5.78 Å². The zero-order valence-corrected chi connectivity index (χ0v) is 9.06. The first-order chi connectivity index (χ1) is 6.20. The molecule has 0 aliphatic carbocycles. The summed E-state index contributed by atoms with van der Waals surface area (Å²) in [4.78, 5) is 11.3. The van der Waals surface area contributed by atoms with E-state index in [0.717, 1.165) is 19.3 Å². The van der Waals surface area contributed by atoms with Gasteiger partial charge in [-0.3, -0.25) is 4.79 Å². The normalized spacial score (nSPS) is 10.7. The van der Waals surface area contributed by atoms with Crippen LogP contribution in [0.1, 0.15) is 32.3 Å². The molecule has 1 aromatic heterocycles. The molecule has 0 unspecified atom stereocenters. The number of ketones is 1. The highest BCUT2D eigenvalue weighted by Crippen LogP contribution is 2.11. The van der Waals surface area contributed by atoms with Crippen molar-refractivity contribution in [3.63, 3.8) is 0 Å². The summed E-state index contributed by atoms with van der Waals surface area (Å²) in [6.45, 7) is 3.93. The first kappa shape index (κ1) is 10.5. The van der Waals surface area contributed by atoms with E-state index in [4.69, 9.17) is 0 Å². The van der Waals surface area contributed by atoms with Gasteiger partial charge in [-0.05, 0) is 35.2 Å². The van der Waals surface area contributed by atoms with Gasteiger partial charge in [-0.2, -0.15) is 11.3 Å². The Labute approximate surface area is 83.8 Å². The fourth-order valence-electron chi connectivity index (χ4n) is 1.19. The number of rotatable bonds is 5. The zero-order valence-electron chi connectivity index (χ0n) is 8.25. The van der Waals surface area contributed by atoms with Crippen LogP contribution < -0.4 is 0 Å². The minimum absolute atomic E-state index is 0.197. The Morgan fingerprint density at radius 1 is 1.54 bits per heavy atom. The van der Waals surface area contributed by atoms with Gasteiger partial charge in [-0.15, -0.1) is 0 Å². The molecule has 0 saturated carbocycles. The maximum atomic E-state index is 11.3. The third-order valence-corrected chi connectivity index (χ3v) is 2.84. The number of aryl methyl sites for hydroxylation is 1. The van der Waals surface area contributed by atoms with Gasteiger partial charge in [-0.1, -0.05) is 13.8 Å². The number of carbonyl (C=O) groups is 1. The van der Waals surface area contributed by atoms with E-state index in [-0.39, 0.29) is 5.92 Å². The van der Waals surface area contributed by atoms with E-state index >= 15 is 0 Å². The molecule has 0 aromatic carbocycles. The summed E-state index contributed by atoms with van der Waals surface area (Å²) >= 11 is 1.72. The number of hydrogen-bond donors (Lipinski definition) is 0. The maximum absolute atomic E-state index is 11.3. The van der Waals surface area contributed by atoms with Crippen LogP contribution >= 0.6 is 11.3 Å². The van der Waals surface area contributed by atoms with Gasteiger partial charge in [0.15, 0.2) is 0 Å². The molecular weight excluding hydrogens is 180 g/mol. The van der Waals surface area contributed by atoms with Crippen LogP contribution in [0.5, 0.6) is 0 Å². The Kier molecular flexibility index (Phi) is 4.16. The summed E-state index contributed by atoms with van der Waals surface area (Å²) in [6.07, 6.45) is 2.77. The van der Waals surface area contributed by atoms with Crippen LogP contribution in [0.3, 0.4) is 0 Å².